The second-order valence-corrected chi connectivity index (χ2v) is 2.63. The Balaban J connectivity index is 0. The van der Waals surface area contributed by atoms with Crippen molar-refractivity contribution in [1.29, 1.82) is 0 Å². The van der Waals surface area contributed by atoms with Gasteiger partial charge in [0.1, 0.15) is 6.61 Å². The van der Waals surface area contributed by atoms with Crippen LogP contribution < -0.4 is 0 Å². The van der Waals surface area contributed by atoms with Crippen molar-refractivity contribution in [3.05, 3.63) is 48.0 Å². The molecule has 2 heteroatoms. The first kappa shape index (κ1) is 15.2. The maximum absolute atomic E-state index is 12.0. The van der Waals surface area contributed by atoms with E-state index in [0.29, 0.717) is 0 Å². The molecular formula is C12H19FO. The molecule has 0 bridgehead atoms. The fourth-order valence-corrected chi connectivity index (χ4v) is 0.846. The van der Waals surface area contributed by atoms with Gasteiger partial charge in [-0.2, -0.15) is 4.39 Å². The van der Waals surface area contributed by atoms with Crippen LogP contribution in [-0.2, 0) is 11.3 Å². The van der Waals surface area contributed by atoms with Crippen LogP contribution in [0, 0.1) is 6.92 Å². The van der Waals surface area contributed by atoms with Crippen LogP contribution in [0.3, 0.4) is 0 Å². The Labute approximate surface area is 86.2 Å². The van der Waals surface area contributed by atoms with E-state index >= 15 is 0 Å². The van der Waals surface area contributed by atoms with Crippen LogP contribution in [-0.4, -0.2) is 0 Å². The quantitative estimate of drug-likeness (QED) is 0.660. The molecular weight excluding hydrogens is 179 g/mol. The molecule has 0 aliphatic heterocycles. The molecule has 1 aromatic rings. The Kier molecular flexibility index (Phi) is 7.73. The molecule has 80 valence electrons. The van der Waals surface area contributed by atoms with E-state index in [0.717, 1.165) is 5.56 Å². The number of hydrogen-bond acceptors (Lipinski definition) is 1. The first-order chi connectivity index (χ1) is 5.68. The van der Waals surface area contributed by atoms with Gasteiger partial charge < -0.3 is 4.74 Å². The Bertz CT molecular complexity index is 264. The Morgan fingerprint density at radius 2 is 1.79 bits per heavy atom. The molecule has 1 aromatic carbocycles. The van der Waals surface area contributed by atoms with E-state index in [4.69, 9.17) is 0 Å². The second-order valence-electron chi connectivity index (χ2n) is 2.63. The lowest BCUT2D eigenvalue weighted by atomic mass is 10.2. The average Bonchev–Trinajstić information content (AvgIpc) is 2.03. The minimum atomic E-state index is -0.740. The van der Waals surface area contributed by atoms with Crippen LogP contribution >= 0.6 is 0 Å². The highest BCUT2D eigenvalue weighted by molar-refractivity contribution is 5.20. The van der Waals surface area contributed by atoms with Gasteiger partial charge in [-0.3, -0.25) is 0 Å². The van der Waals surface area contributed by atoms with Crippen molar-refractivity contribution in [1.82, 2.24) is 0 Å². The van der Waals surface area contributed by atoms with Gasteiger partial charge in [-0.25, -0.2) is 0 Å². The van der Waals surface area contributed by atoms with Crippen molar-refractivity contribution in [2.24, 2.45) is 0 Å². The van der Waals surface area contributed by atoms with Gasteiger partial charge in [0, 0.05) is 0 Å². The summed E-state index contributed by atoms with van der Waals surface area (Å²) in [6.45, 7) is 5.24. The zero-order valence-electron chi connectivity index (χ0n) is 7.01. The molecule has 0 amide bonds. The summed E-state index contributed by atoms with van der Waals surface area (Å²) >= 11 is 0. The maximum atomic E-state index is 12.0. The average molecular weight is 198 g/mol. The van der Waals surface area contributed by atoms with Crippen LogP contribution in [0.4, 0.5) is 4.39 Å². The standard InChI is InChI=1S/C10H11FO.2CH4/c1-8-3-5-10(6-4-8)7-12-9(2)11;;/h3-6H,2,7H2,1H3;2*1H4. The molecule has 0 aliphatic rings. The Morgan fingerprint density at radius 3 is 2.21 bits per heavy atom. The lowest BCUT2D eigenvalue weighted by Gasteiger charge is -2.02. The van der Waals surface area contributed by atoms with E-state index in [1.165, 1.54) is 5.56 Å². The van der Waals surface area contributed by atoms with Crippen LogP contribution in [0.5, 0.6) is 0 Å². The highest BCUT2D eigenvalue weighted by Crippen LogP contribution is 2.06. The summed E-state index contributed by atoms with van der Waals surface area (Å²) in [5.74, 6) is 0. The van der Waals surface area contributed by atoms with Crippen LogP contribution in [0.15, 0.2) is 36.9 Å². The van der Waals surface area contributed by atoms with Crippen molar-refractivity contribution in [2.45, 2.75) is 28.4 Å². The van der Waals surface area contributed by atoms with Gasteiger partial charge in [0.25, 0.3) is 6.01 Å². The van der Waals surface area contributed by atoms with E-state index in [1.807, 2.05) is 31.2 Å². The van der Waals surface area contributed by atoms with E-state index in [9.17, 15) is 4.39 Å². The van der Waals surface area contributed by atoms with Crippen LogP contribution in [0.1, 0.15) is 26.0 Å². The first-order valence-electron chi connectivity index (χ1n) is 3.71. The molecule has 0 unspecified atom stereocenters. The molecule has 0 spiro atoms. The van der Waals surface area contributed by atoms with E-state index in [-0.39, 0.29) is 21.5 Å². The molecule has 0 heterocycles. The van der Waals surface area contributed by atoms with Crippen molar-refractivity contribution in [3.63, 3.8) is 0 Å². The molecule has 0 radical (unpaired) electrons. The van der Waals surface area contributed by atoms with Crippen LogP contribution in [0.2, 0.25) is 0 Å². The Morgan fingerprint density at radius 1 is 1.29 bits per heavy atom. The molecule has 0 saturated carbocycles. The molecule has 0 aromatic heterocycles. The summed E-state index contributed by atoms with van der Waals surface area (Å²) in [6, 6.07) is 6.98. The number of aryl methyl sites for hydroxylation is 1. The van der Waals surface area contributed by atoms with Crippen molar-refractivity contribution in [3.8, 4) is 0 Å². The molecule has 0 fully saturated rings. The number of ether oxygens (including phenoxy) is 1. The van der Waals surface area contributed by atoms with Gasteiger partial charge in [0.2, 0.25) is 0 Å². The van der Waals surface area contributed by atoms with Gasteiger partial charge in [0.05, 0.1) is 0 Å². The lowest BCUT2D eigenvalue weighted by molar-refractivity contribution is 0.135. The predicted octanol–water partition coefficient (Wildman–Crippen LogP) is 4.22. The van der Waals surface area contributed by atoms with Gasteiger partial charge in [-0.15, -0.1) is 0 Å². The number of halogens is 1. The van der Waals surface area contributed by atoms with Crippen LogP contribution in [0.25, 0.3) is 0 Å². The third kappa shape index (κ3) is 5.36. The van der Waals surface area contributed by atoms with Crippen molar-refractivity contribution >= 4 is 0 Å². The second kappa shape index (κ2) is 7.13. The summed E-state index contributed by atoms with van der Waals surface area (Å²) in [6.07, 6.45) is 0. The van der Waals surface area contributed by atoms with Gasteiger partial charge in [-0.1, -0.05) is 44.7 Å². The monoisotopic (exact) mass is 198 g/mol. The number of rotatable bonds is 3. The molecule has 14 heavy (non-hydrogen) atoms. The molecule has 0 N–H and O–H groups in total. The van der Waals surface area contributed by atoms with Gasteiger partial charge in [-0.05, 0) is 19.1 Å². The first-order valence-corrected chi connectivity index (χ1v) is 3.71. The summed E-state index contributed by atoms with van der Waals surface area (Å²) in [5.41, 5.74) is 2.12. The third-order valence-corrected chi connectivity index (χ3v) is 1.52. The predicted molar refractivity (Wildman–Crippen MR) is 59.7 cm³/mol. The fourth-order valence-electron chi connectivity index (χ4n) is 0.846. The van der Waals surface area contributed by atoms with Gasteiger partial charge >= 0.3 is 0 Å². The van der Waals surface area contributed by atoms with E-state index in [2.05, 4.69) is 11.3 Å². The third-order valence-electron chi connectivity index (χ3n) is 1.52. The highest BCUT2D eigenvalue weighted by atomic mass is 19.1. The molecule has 1 nitrogen and oxygen atoms in total. The topological polar surface area (TPSA) is 9.23 Å². The zero-order chi connectivity index (χ0) is 8.97. The molecule has 0 saturated heterocycles. The summed E-state index contributed by atoms with van der Waals surface area (Å²) in [4.78, 5) is 0. The van der Waals surface area contributed by atoms with Gasteiger partial charge in [0.15, 0.2) is 0 Å². The largest absolute Gasteiger partial charge is 0.466 e. The smallest absolute Gasteiger partial charge is 0.265 e. The highest BCUT2D eigenvalue weighted by Gasteiger charge is 1.93. The Hall–Kier alpha value is -1.31. The van der Waals surface area contributed by atoms with Crippen molar-refractivity contribution < 1.29 is 9.13 Å². The number of hydrogen-bond donors (Lipinski definition) is 0. The SMILES string of the molecule is C.C.C=C(F)OCc1ccc(C)cc1. The van der Waals surface area contributed by atoms with E-state index < -0.39 is 6.01 Å². The number of benzene rings is 1. The minimum Gasteiger partial charge on any atom is -0.466 e. The summed E-state index contributed by atoms with van der Waals surface area (Å²) < 4.78 is 16.7. The fraction of sp³-hybridized carbons (Fsp3) is 0.333. The molecule has 1 rings (SSSR count). The lowest BCUT2D eigenvalue weighted by Crippen LogP contribution is -1.88. The zero-order valence-corrected chi connectivity index (χ0v) is 7.01. The normalized spacial score (nSPS) is 8.14. The maximum Gasteiger partial charge on any atom is 0.265 e. The molecule has 0 aliphatic carbocycles. The molecule has 0 atom stereocenters. The minimum absolute atomic E-state index is 0. The van der Waals surface area contributed by atoms with E-state index in [1.54, 1.807) is 0 Å². The van der Waals surface area contributed by atoms with Crippen molar-refractivity contribution in [2.75, 3.05) is 0 Å². The summed E-state index contributed by atoms with van der Waals surface area (Å²) in [7, 11) is 0. The summed E-state index contributed by atoms with van der Waals surface area (Å²) in [5, 5.41) is 0.